The van der Waals surface area contributed by atoms with Crippen molar-refractivity contribution in [1.29, 1.82) is 0 Å². The van der Waals surface area contributed by atoms with Gasteiger partial charge in [-0.3, -0.25) is 0 Å². The van der Waals surface area contributed by atoms with Gasteiger partial charge in [-0.05, 0) is 24.3 Å². The van der Waals surface area contributed by atoms with Crippen LogP contribution in [0.3, 0.4) is 0 Å². The first-order chi connectivity index (χ1) is 9.38. The molecule has 0 fully saturated rings. The summed E-state index contributed by atoms with van der Waals surface area (Å²) in [7, 11) is -3.38. The van der Waals surface area contributed by atoms with E-state index in [4.69, 9.17) is 9.84 Å². The van der Waals surface area contributed by atoms with Crippen molar-refractivity contribution >= 4 is 15.8 Å². The zero-order valence-corrected chi connectivity index (χ0v) is 11.2. The Bertz CT molecular complexity index is 758. The van der Waals surface area contributed by atoms with Gasteiger partial charge in [0.1, 0.15) is 11.3 Å². The highest BCUT2D eigenvalue weighted by Gasteiger charge is 2.14. The first kappa shape index (κ1) is 13.9. The summed E-state index contributed by atoms with van der Waals surface area (Å²) in [5, 5.41) is 16.1. The minimum absolute atomic E-state index is 0.0655. The van der Waals surface area contributed by atoms with E-state index in [1.54, 1.807) is 0 Å². The lowest BCUT2D eigenvalue weighted by atomic mass is 10.3. The maximum Gasteiger partial charge on any atom is 0.341 e. The highest BCUT2D eigenvalue weighted by molar-refractivity contribution is 7.90. The number of ether oxygens (including phenoxy) is 1. The molecule has 7 nitrogen and oxygen atoms in total. The van der Waals surface area contributed by atoms with Gasteiger partial charge in [0.05, 0.1) is 11.1 Å². The van der Waals surface area contributed by atoms with Gasteiger partial charge in [0, 0.05) is 6.26 Å². The number of sulfone groups is 1. The van der Waals surface area contributed by atoms with Crippen LogP contribution in [-0.4, -0.2) is 35.9 Å². The number of carboxylic acids is 1. The molecule has 0 amide bonds. The molecule has 0 aliphatic carbocycles. The van der Waals surface area contributed by atoms with E-state index in [1.165, 1.54) is 36.5 Å². The molecule has 0 atom stereocenters. The summed E-state index contributed by atoms with van der Waals surface area (Å²) in [6, 6.07) is 6.93. The number of benzene rings is 1. The van der Waals surface area contributed by atoms with Gasteiger partial charge in [0.15, 0.2) is 9.84 Å². The molecule has 20 heavy (non-hydrogen) atoms. The van der Waals surface area contributed by atoms with Crippen LogP contribution in [0.4, 0.5) is 0 Å². The minimum atomic E-state index is -3.38. The normalized spacial score (nSPS) is 11.1. The molecule has 1 heterocycles. The fraction of sp³-hybridized carbons (Fsp3) is 0.0833. The van der Waals surface area contributed by atoms with Crippen molar-refractivity contribution in [2.75, 3.05) is 6.26 Å². The number of carbonyl (C=O) groups is 1. The van der Waals surface area contributed by atoms with Crippen LogP contribution in [-0.2, 0) is 9.84 Å². The quantitative estimate of drug-likeness (QED) is 0.907. The monoisotopic (exact) mass is 294 g/mol. The van der Waals surface area contributed by atoms with Crippen molar-refractivity contribution in [3.8, 4) is 11.6 Å². The molecule has 0 radical (unpaired) electrons. The van der Waals surface area contributed by atoms with Gasteiger partial charge >= 0.3 is 5.97 Å². The van der Waals surface area contributed by atoms with E-state index >= 15 is 0 Å². The van der Waals surface area contributed by atoms with E-state index in [9.17, 15) is 13.2 Å². The van der Waals surface area contributed by atoms with Gasteiger partial charge in [-0.2, -0.15) is 5.10 Å². The molecule has 1 aromatic carbocycles. The van der Waals surface area contributed by atoms with E-state index in [0.29, 0.717) is 0 Å². The number of hydrogen-bond acceptors (Lipinski definition) is 6. The van der Waals surface area contributed by atoms with Crippen LogP contribution in [0.5, 0.6) is 11.6 Å². The summed E-state index contributed by atoms with van der Waals surface area (Å²) in [5.41, 5.74) is -0.162. The van der Waals surface area contributed by atoms with Crippen LogP contribution in [0.1, 0.15) is 10.4 Å². The maximum absolute atomic E-state index is 11.4. The summed E-state index contributed by atoms with van der Waals surface area (Å²) in [6.45, 7) is 0. The van der Waals surface area contributed by atoms with Crippen LogP contribution >= 0.6 is 0 Å². The summed E-state index contributed by atoms with van der Waals surface area (Å²) < 4.78 is 28.2. The molecule has 0 saturated carbocycles. The van der Waals surface area contributed by atoms with Crippen LogP contribution in [0.2, 0.25) is 0 Å². The number of carboxylic acid groups (broad SMARTS) is 1. The van der Waals surface area contributed by atoms with Crippen molar-refractivity contribution in [3.63, 3.8) is 0 Å². The molecule has 1 aromatic heterocycles. The number of nitrogens with zero attached hydrogens (tertiary/aromatic N) is 2. The number of rotatable bonds is 4. The molecule has 1 N–H and O–H groups in total. The predicted molar refractivity (Wildman–Crippen MR) is 68.6 cm³/mol. The summed E-state index contributed by atoms with van der Waals surface area (Å²) in [6.07, 6.45) is 2.29. The molecule has 2 rings (SSSR count). The lowest BCUT2D eigenvalue weighted by Gasteiger charge is -2.07. The minimum Gasteiger partial charge on any atom is -0.477 e. The van der Waals surface area contributed by atoms with Crippen LogP contribution in [0, 0.1) is 0 Å². The number of hydrogen-bond donors (Lipinski definition) is 1. The third-order valence-corrected chi connectivity index (χ3v) is 3.48. The molecule has 0 aliphatic heterocycles. The Balaban J connectivity index is 2.39. The zero-order chi connectivity index (χ0) is 14.8. The Morgan fingerprint density at radius 1 is 1.30 bits per heavy atom. The maximum atomic E-state index is 11.4. The van der Waals surface area contributed by atoms with Crippen LogP contribution in [0.15, 0.2) is 41.4 Å². The van der Waals surface area contributed by atoms with Gasteiger partial charge in [-0.25, -0.2) is 13.2 Å². The summed E-state index contributed by atoms with van der Waals surface area (Å²) >= 11 is 0. The van der Waals surface area contributed by atoms with Crippen molar-refractivity contribution in [2.24, 2.45) is 0 Å². The Morgan fingerprint density at radius 2 is 2.05 bits per heavy atom. The molecular formula is C12H10N2O5S. The molecule has 0 spiro atoms. The Hall–Kier alpha value is -2.48. The van der Waals surface area contributed by atoms with E-state index in [1.807, 2.05) is 0 Å². The molecular weight excluding hydrogens is 284 g/mol. The van der Waals surface area contributed by atoms with Crippen molar-refractivity contribution < 1.29 is 23.1 Å². The second-order valence-corrected chi connectivity index (χ2v) is 5.92. The lowest BCUT2D eigenvalue weighted by molar-refractivity contribution is 0.0693. The van der Waals surface area contributed by atoms with Crippen molar-refractivity contribution in [1.82, 2.24) is 10.2 Å². The molecule has 2 aromatic rings. The first-order valence-electron chi connectivity index (χ1n) is 5.41. The highest BCUT2D eigenvalue weighted by atomic mass is 32.2. The van der Waals surface area contributed by atoms with E-state index in [-0.39, 0.29) is 22.1 Å². The topological polar surface area (TPSA) is 106 Å². The first-order valence-corrected chi connectivity index (χ1v) is 7.30. The molecule has 104 valence electrons. The SMILES string of the molecule is CS(=O)(=O)c1cccc(Oc2nnccc2C(=O)O)c1. The molecule has 8 heteroatoms. The Morgan fingerprint density at radius 3 is 2.70 bits per heavy atom. The lowest BCUT2D eigenvalue weighted by Crippen LogP contribution is -2.03. The van der Waals surface area contributed by atoms with Crippen LogP contribution < -0.4 is 4.74 Å². The van der Waals surface area contributed by atoms with E-state index in [2.05, 4.69) is 10.2 Å². The fourth-order valence-corrected chi connectivity index (χ4v) is 2.09. The summed E-state index contributed by atoms with van der Waals surface area (Å²) in [5.74, 6) is -1.25. The van der Waals surface area contributed by atoms with Gasteiger partial charge < -0.3 is 9.84 Å². The average Bonchev–Trinajstić information content (AvgIpc) is 2.38. The smallest absolute Gasteiger partial charge is 0.341 e. The number of aromatic carboxylic acids is 1. The van der Waals surface area contributed by atoms with Crippen molar-refractivity contribution in [3.05, 3.63) is 42.1 Å². The second-order valence-electron chi connectivity index (χ2n) is 3.90. The third kappa shape index (κ3) is 3.09. The zero-order valence-electron chi connectivity index (χ0n) is 10.3. The van der Waals surface area contributed by atoms with Gasteiger partial charge in [-0.15, -0.1) is 5.10 Å². The molecule has 0 bridgehead atoms. The Kier molecular flexibility index (Phi) is 3.66. The standard InChI is InChI=1S/C12H10N2O5S/c1-20(17,18)9-4-2-3-8(7-9)19-11-10(12(15)16)5-6-13-14-11/h2-7H,1H3,(H,15,16). The highest BCUT2D eigenvalue weighted by Crippen LogP contribution is 2.24. The third-order valence-electron chi connectivity index (χ3n) is 2.37. The van der Waals surface area contributed by atoms with Gasteiger partial charge in [-0.1, -0.05) is 6.07 Å². The largest absolute Gasteiger partial charge is 0.477 e. The Labute approximate surface area is 114 Å². The van der Waals surface area contributed by atoms with Gasteiger partial charge in [0.25, 0.3) is 5.88 Å². The number of aromatic nitrogens is 2. The molecule has 0 saturated heterocycles. The van der Waals surface area contributed by atoms with Crippen LogP contribution in [0.25, 0.3) is 0 Å². The van der Waals surface area contributed by atoms with Gasteiger partial charge in [0.2, 0.25) is 0 Å². The fourth-order valence-electron chi connectivity index (χ4n) is 1.44. The molecule has 0 unspecified atom stereocenters. The average molecular weight is 294 g/mol. The predicted octanol–water partition coefficient (Wildman–Crippen LogP) is 1.37. The van der Waals surface area contributed by atoms with Crippen molar-refractivity contribution in [2.45, 2.75) is 4.90 Å². The van der Waals surface area contributed by atoms with E-state index in [0.717, 1.165) is 6.26 Å². The summed E-state index contributed by atoms with van der Waals surface area (Å²) in [4.78, 5) is 11.1. The second kappa shape index (κ2) is 5.25. The van der Waals surface area contributed by atoms with E-state index < -0.39 is 15.8 Å². The molecule has 0 aliphatic rings.